The van der Waals surface area contributed by atoms with Crippen LogP contribution in [0.15, 0.2) is 223 Å². The Balaban J connectivity index is 1.05. The third-order valence-electron chi connectivity index (χ3n) is 12.5. The lowest BCUT2D eigenvalue weighted by molar-refractivity contribution is 0.620. The first-order valence-corrected chi connectivity index (χ1v) is 22.2. The number of aromatic nitrogens is 6. The van der Waals surface area contributed by atoms with Gasteiger partial charge in [-0.15, -0.1) is 0 Å². The summed E-state index contributed by atoms with van der Waals surface area (Å²) in [5.41, 5.74) is 17.4. The van der Waals surface area contributed by atoms with E-state index in [2.05, 4.69) is 97.1 Å². The van der Waals surface area contributed by atoms with Crippen LogP contribution in [0.25, 0.3) is 133 Å². The van der Waals surface area contributed by atoms with Crippen molar-refractivity contribution in [1.29, 1.82) is 0 Å². The number of hydrogen-bond donors (Lipinski definition) is 0. The van der Waals surface area contributed by atoms with Crippen molar-refractivity contribution in [2.45, 2.75) is 0 Å². The molecule has 0 N–H and O–H groups in total. The molecule has 13 aromatic rings. The van der Waals surface area contributed by atoms with Crippen molar-refractivity contribution in [2.75, 3.05) is 0 Å². The van der Waals surface area contributed by atoms with E-state index < -0.39 is 0 Å². The van der Waals surface area contributed by atoms with Crippen molar-refractivity contribution in [2.24, 2.45) is 0 Å². The molecule has 6 heterocycles. The lowest BCUT2D eigenvalue weighted by Crippen LogP contribution is -1.95. The van der Waals surface area contributed by atoms with E-state index in [4.69, 9.17) is 34.3 Å². The highest BCUT2D eigenvalue weighted by Crippen LogP contribution is 2.39. The average Bonchev–Trinajstić information content (AvgIpc) is 3.85. The van der Waals surface area contributed by atoms with Crippen LogP contribution in [-0.4, -0.2) is 29.9 Å². The molecule has 13 rings (SSSR count). The van der Waals surface area contributed by atoms with Gasteiger partial charge < -0.3 is 4.42 Å². The normalized spacial score (nSPS) is 11.6. The molecule has 0 saturated carbocycles. The lowest BCUT2D eigenvalue weighted by Gasteiger charge is -2.15. The van der Waals surface area contributed by atoms with E-state index in [1.165, 1.54) is 0 Å². The molecular formula is C60H36N6O. The van der Waals surface area contributed by atoms with Crippen LogP contribution >= 0.6 is 0 Å². The van der Waals surface area contributed by atoms with E-state index in [1.54, 1.807) is 0 Å². The Hall–Kier alpha value is -9.20. The maximum atomic E-state index is 6.50. The molecule has 0 aliphatic rings. The molecule has 0 fully saturated rings. The molecule has 0 spiro atoms. The first-order chi connectivity index (χ1) is 33.1. The predicted molar refractivity (Wildman–Crippen MR) is 271 cm³/mol. The second-order valence-corrected chi connectivity index (χ2v) is 16.9. The van der Waals surface area contributed by atoms with Crippen LogP contribution in [0.5, 0.6) is 0 Å². The molecule has 7 aromatic carbocycles. The molecule has 7 nitrogen and oxygen atoms in total. The molecule has 6 aromatic heterocycles. The monoisotopic (exact) mass is 856 g/mol. The lowest BCUT2D eigenvalue weighted by atomic mass is 9.93. The molecule has 0 aliphatic carbocycles. The highest BCUT2D eigenvalue weighted by molar-refractivity contribution is 5.92. The van der Waals surface area contributed by atoms with E-state index in [0.717, 1.165) is 122 Å². The molecule has 0 bridgehead atoms. The largest absolute Gasteiger partial charge is 0.436 e. The zero-order valence-electron chi connectivity index (χ0n) is 35.9. The maximum absolute atomic E-state index is 6.50. The second-order valence-electron chi connectivity index (χ2n) is 16.9. The summed E-state index contributed by atoms with van der Waals surface area (Å²) in [5, 5.41) is 4.27. The minimum atomic E-state index is 0.508. The predicted octanol–water partition coefficient (Wildman–Crippen LogP) is 15.1. The average molecular weight is 857 g/mol. The quantitative estimate of drug-likeness (QED) is 0.158. The summed E-state index contributed by atoms with van der Waals surface area (Å²) in [4.78, 5) is 30.1. The zero-order valence-corrected chi connectivity index (χ0v) is 35.9. The van der Waals surface area contributed by atoms with Gasteiger partial charge in [0, 0.05) is 85.3 Å². The zero-order chi connectivity index (χ0) is 44.3. The Morgan fingerprint density at radius 1 is 0.254 bits per heavy atom. The van der Waals surface area contributed by atoms with E-state index in [-0.39, 0.29) is 0 Å². The fourth-order valence-corrected chi connectivity index (χ4v) is 9.08. The van der Waals surface area contributed by atoms with E-state index in [0.29, 0.717) is 11.5 Å². The third kappa shape index (κ3) is 7.21. The van der Waals surface area contributed by atoms with Gasteiger partial charge in [0.1, 0.15) is 5.52 Å². The van der Waals surface area contributed by atoms with Gasteiger partial charge in [0.05, 0.1) is 33.5 Å². The van der Waals surface area contributed by atoms with Crippen molar-refractivity contribution >= 4 is 54.7 Å². The fraction of sp³-hybridized carbons (Fsp3) is 0. The maximum Gasteiger partial charge on any atom is 0.227 e. The molecule has 0 saturated heterocycles. The first kappa shape index (κ1) is 38.3. The topological polar surface area (TPSA) is 90.5 Å². The van der Waals surface area contributed by atoms with Crippen molar-refractivity contribution in [3.8, 4) is 78.5 Å². The van der Waals surface area contributed by atoms with Crippen LogP contribution in [-0.2, 0) is 0 Å². The summed E-state index contributed by atoms with van der Waals surface area (Å²) in [6.45, 7) is 0. The van der Waals surface area contributed by atoms with Gasteiger partial charge in [-0.25, -0.2) is 9.97 Å². The van der Waals surface area contributed by atoms with Crippen LogP contribution in [0.4, 0.5) is 0 Å². The summed E-state index contributed by atoms with van der Waals surface area (Å²) in [6.07, 6.45) is 7.81. The minimum absolute atomic E-state index is 0.508. The number of fused-ring (bicyclic) bond motifs is 5. The summed E-state index contributed by atoms with van der Waals surface area (Å²) >= 11 is 0. The Morgan fingerprint density at radius 3 is 0.955 bits per heavy atom. The Kier molecular flexibility index (Phi) is 9.03. The van der Waals surface area contributed by atoms with Gasteiger partial charge in [0.2, 0.25) is 5.89 Å². The van der Waals surface area contributed by atoms with Gasteiger partial charge in [-0.3, -0.25) is 19.9 Å². The Labute approximate surface area is 384 Å². The van der Waals surface area contributed by atoms with Crippen LogP contribution < -0.4 is 0 Å². The van der Waals surface area contributed by atoms with E-state index in [1.807, 2.05) is 122 Å². The highest BCUT2D eigenvalue weighted by atomic mass is 16.3. The smallest absolute Gasteiger partial charge is 0.227 e. The molecule has 0 aliphatic heterocycles. The second kappa shape index (κ2) is 15.8. The van der Waals surface area contributed by atoms with Gasteiger partial charge in [-0.1, -0.05) is 84.9 Å². The molecule has 0 unspecified atom stereocenters. The van der Waals surface area contributed by atoms with Gasteiger partial charge in [-0.05, 0) is 131 Å². The number of benzene rings is 7. The highest BCUT2D eigenvalue weighted by Gasteiger charge is 2.18. The third-order valence-corrected chi connectivity index (χ3v) is 12.5. The molecule has 0 radical (unpaired) electrons. The van der Waals surface area contributed by atoms with Crippen molar-refractivity contribution < 1.29 is 4.42 Å². The van der Waals surface area contributed by atoms with Crippen LogP contribution in [0, 0.1) is 0 Å². The minimum Gasteiger partial charge on any atom is -0.436 e. The SMILES string of the molecule is c1ccc2ncc(-c3cc(-c4cnc5ccccc5c4)cc(-c4cc(-c5nc6ccccc6o5)cc(-c5cc(-c6cnc7ccccc7c6)cc(-c6cnc7ccccc7c6)c5)n4)c3)cc2c1. The Morgan fingerprint density at radius 2 is 0.582 bits per heavy atom. The number of oxazole rings is 1. The summed E-state index contributed by atoms with van der Waals surface area (Å²) in [6, 6.07) is 66.9. The Bertz CT molecular complexity index is 3630. The van der Waals surface area contributed by atoms with E-state index >= 15 is 0 Å². The van der Waals surface area contributed by atoms with Gasteiger partial charge >= 0.3 is 0 Å². The van der Waals surface area contributed by atoms with Crippen LogP contribution in [0.1, 0.15) is 0 Å². The number of pyridine rings is 5. The molecule has 0 amide bonds. The summed E-state index contributed by atoms with van der Waals surface area (Å²) < 4.78 is 6.50. The number of rotatable bonds is 7. The van der Waals surface area contributed by atoms with Crippen LogP contribution in [0.2, 0.25) is 0 Å². The van der Waals surface area contributed by atoms with E-state index in [9.17, 15) is 0 Å². The molecule has 0 atom stereocenters. The molecule has 312 valence electrons. The van der Waals surface area contributed by atoms with Crippen molar-refractivity contribution in [3.63, 3.8) is 0 Å². The van der Waals surface area contributed by atoms with Crippen molar-refractivity contribution in [3.05, 3.63) is 219 Å². The van der Waals surface area contributed by atoms with Gasteiger partial charge in [-0.2, -0.15) is 0 Å². The van der Waals surface area contributed by atoms with Crippen LogP contribution in [0.3, 0.4) is 0 Å². The van der Waals surface area contributed by atoms with Gasteiger partial charge in [0.25, 0.3) is 0 Å². The fourth-order valence-electron chi connectivity index (χ4n) is 9.08. The number of hydrogen-bond acceptors (Lipinski definition) is 7. The molecule has 67 heavy (non-hydrogen) atoms. The first-order valence-electron chi connectivity index (χ1n) is 22.2. The number of nitrogens with zero attached hydrogens (tertiary/aromatic N) is 6. The van der Waals surface area contributed by atoms with Gasteiger partial charge in [0.15, 0.2) is 5.58 Å². The number of para-hydroxylation sites is 6. The molecule has 7 heteroatoms. The molecular weight excluding hydrogens is 821 g/mol. The van der Waals surface area contributed by atoms with Crippen molar-refractivity contribution in [1.82, 2.24) is 29.9 Å². The summed E-state index contributed by atoms with van der Waals surface area (Å²) in [7, 11) is 0. The summed E-state index contributed by atoms with van der Waals surface area (Å²) in [5.74, 6) is 0.508. The standard InChI is InChI=1S/C60H36N6O/c1-5-15-52-37(11-1)21-48(33-61-52)41-25-42(49-22-38-12-2-6-16-53(38)62-34-49)28-45(27-41)57-31-47(60-66-56-19-9-10-20-59(56)67-60)32-58(65-57)46-29-43(50-23-39-13-3-7-17-54(39)63-35-50)26-44(30-46)51-24-40-14-4-8-18-55(40)64-36-51/h1-36H.